The predicted molar refractivity (Wildman–Crippen MR) is 68.6 cm³/mol. The van der Waals surface area contributed by atoms with E-state index in [-0.39, 0.29) is 5.91 Å². The van der Waals surface area contributed by atoms with Crippen LogP contribution in [-0.2, 0) is 4.79 Å². The van der Waals surface area contributed by atoms with Crippen LogP contribution in [0.4, 0.5) is 5.69 Å². The highest BCUT2D eigenvalue weighted by Crippen LogP contribution is 2.23. The van der Waals surface area contributed by atoms with Crippen molar-refractivity contribution in [2.75, 3.05) is 25.1 Å². The fraction of sp³-hybridized carbons (Fsp3) is 0.462. The van der Waals surface area contributed by atoms with Crippen LogP contribution in [0.2, 0.25) is 0 Å². The normalized spacial score (nSPS) is 17.7. The Balaban J connectivity index is 2.16. The number of nitrogens with two attached hydrogens (primary N) is 1. The number of nitrogens with zero attached hydrogens (tertiary/aromatic N) is 2. The van der Waals surface area contributed by atoms with E-state index >= 15 is 0 Å². The molecular formula is C13H19N3O. The third kappa shape index (κ3) is 2.26. The van der Waals surface area contributed by atoms with Gasteiger partial charge in [0.1, 0.15) is 0 Å². The summed E-state index contributed by atoms with van der Waals surface area (Å²) < 4.78 is 0. The van der Waals surface area contributed by atoms with E-state index in [1.807, 2.05) is 12.1 Å². The number of hydrogen-bond acceptors (Lipinski definition) is 3. The van der Waals surface area contributed by atoms with Gasteiger partial charge in [0.15, 0.2) is 0 Å². The zero-order chi connectivity index (χ0) is 12.4. The second-order valence-electron chi connectivity index (χ2n) is 4.52. The first-order valence-corrected chi connectivity index (χ1v) is 5.97. The Bertz CT molecular complexity index is 402. The molecular weight excluding hydrogens is 214 g/mol. The molecule has 1 atom stereocenters. The van der Waals surface area contributed by atoms with E-state index in [0.717, 1.165) is 12.2 Å². The summed E-state index contributed by atoms with van der Waals surface area (Å²) in [6, 6.07) is 8.28. The summed E-state index contributed by atoms with van der Waals surface area (Å²) >= 11 is 0. The van der Waals surface area contributed by atoms with E-state index in [4.69, 9.17) is 5.73 Å². The molecule has 0 aromatic heterocycles. The lowest BCUT2D eigenvalue weighted by molar-refractivity contribution is -0.126. The van der Waals surface area contributed by atoms with Crippen molar-refractivity contribution in [1.29, 1.82) is 0 Å². The number of benzene rings is 1. The minimum atomic E-state index is 0.171. The van der Waals surface area contributed by atoms with Crippen LogP contribution in [0.1, 0.15) is 24.8 Å². The molecule has 1 aromatic carbocycles. The second-order valence-corrected chi connectivity index (χ2v) is 4.52. The first-order chi connectivity index (χ1) is 8.13. The number of rotatable bonds is 3. The van der Waals surface area contributed by atoms with Crippen molar-refractivity contribution < 1.29 is 4.79 Å². The highest BCUT2D eigenvalue weighted by molar-refractivity contribution is 5.81. The van der Waals surface area contributed by atoms with Gasteiger partial charge in [0, 0.05) is 20.0 Å². The Morgan fingerprint density at radius 1 is 1.35 bits per heavy atom. The summed E-state index contributed by atoms with van der Waals surface area (Å²) in [5.41, 5.74) is 7.94. The molecule has 1 fully saturated rings. The van der Waals surface area contributed by atoms with Crippen molar-refractivity contribution in [3.63, 3.8) is 0 Å². The molecule has 0 aliphatic carbocycles. The van der Waals surface area contributed by atoms with Crippen molar-refractivity contribution in [1.82, 2.24) is 5.01 Å². The Labute approximate surface area is 102 Å². The van der Waals surface area contributed by atoms with Gasteiger partial charge >= 0.3 is 0 Å². The van der Waals surface area contributed by atoms with Gasteiger partial charge in [-0.2, -0.15) is 0 Å². The van der Waals surface area contributed by atoms with Gasteiger partial charge in [-0.25, -0.2) is 0 Å². The molecule has 92 valence electrons. The van der Waals surface area contributed by atoms with Gasteiger partial charge in [0.25, 0.3) is 0 Å². The van der Waals surface area contributed by atoms with E-state index in [1.165, 1.54) is 5.56 Å². The Kier molecular flexibility index (Phi) is 3.33. The van der Waals surface area contributed by atoms with Crippen LogP contribution in [0.15, 0.2) is 24.3 Å². The van der Waals surface area contributed by atoms with Crippen molar-refractivity contribution in [2.24, 2.45) is 5.73 Å². The summed E-state index contributed by atoms with van der Waals surface area (Å²) in [4.78, 5) is 11.4. The van der Waals surface area contributed by atoms with Crippen LogP contribution in [0.25, 0.3) is 0 Å². The lowest BCUT2D eigenvalue weighted by atomic mass is 10.0. The van der Waals surface area contributed by atoms with Gasteiger partial charge in [-0.3, -0.25) is 14.8 Å². The smallest absolute Gasteiger partial charge is 0.242 e. The number of carbonyl (C=O) groups excluding carboxylic acids is 1. The molecule has 0 radical (unpaired) electrons. The van der Waals surface area contributed by atoms with Crippen molar-refractivity contribution in [2.45, 2.75) is 19.3 Å². The Morgan fingerprint density at radius 2 is 2.00 bits per heavy atom. The highest BCUT2D eigenvalue weighted by atomic mass is 16.2. The molecule has 0 spiro atoms. The van der Waals surface area contributed by atoms with Gasteiger partial charge in [0.2, 0.25) is 5.91 Å². The van der Waals surface area contributed by atoms with Crippen LogP contribution in [0.3, 0.4) is 0 Å². The van der Waals surface area contributed by atoms with Crippen LogP contribution in [0, 0.1) is 0 Å². The number of amides is 1. The minimum Gasteiger partial charge on any atom is -0.330 e. The largest absolute Gasteiger partial charge is 0.330 e. The lowest BCUT2D eigenvalue weighted by Crippen LogP contribution is -2.35. The number of hydrogen-bond donors (Lipinski definition) is 1. The third-order valence-electron chi connectivity index (χ3n) is 3.37. The molecule has 1 aliphatic heterocycles. The monoisotopic (exact) mass is 233 g/mol. The van der Waals surface area contributed by atoms with Crippen molar-refractivity contribution in [3.8, 4) is 0 Å². The maximum atomic E-state index is 11.4. The van der Waals surface area contributed by atoms with Gasteiger partial charge in [-0.05, 0) is 30.2 Å². The quantitative estimate of drug-likeness (QED) is 0.857. The molecule has 4 heteroatoms. The van der Waals surface area contributed by atoms with Crippen LogP contribution >= 0.6 is 0 Å². The summed E-state index contributed by atoms with van der Waals surface area (Å²) in [7, 11) is 1.81. The van der Waals surface area contributed by atoms with Crippen molar-refractivity contribution in [3.05, 3.63) is 29.8 Å². The average Bonchev–Trinajstić information content (AvgIpc) is 2.69. The first-order valence-electron chi connectivity index (χ1n) is 5.97. The SMILES string of the molecule is CC(CN)c1ccc(N2CCC(=O)N2C)cc1. The van der Waals surface area contributed by atoms with E-state index in [1.54, 1.807) is 5.01 Å². The maximum absolute atomic E-state index is 11.4. The van der Waals surface area contributed by atoms with Crippen LogP contribution in [-0.4, -0.2) is 31.1 Å². The standard InChI is InChI=1S/C13H19N3O/c1-10(9-14)11-3-5-12(6-4-11)16-8-7-13(17)15(16)2/h3-6,10H,7-9,14H2,1-2H3. The fourth-order valence-electron chi connectivity index (χ4n) is 2.06. The molecule has 1 heterocycles. The van der Waals surface area contributed by atoms with Gasteiger partial charge in [0.05, 0.1) is 5.69 Å². The van der Waals surface area contributed by atoms with E-state index < -0.39 is 0 Å². The van der Waals surface area contributed by atoms with Crippen LogP contribution in [0.5, 0.6) is 0 Å². The summed E-state index contributed by atoms with van der Waals surface area (Å²) in [5.74, 6) is 0.548. The van der Waals surface area contributed by atoms with E-state index in [0.29, 0.717) is 18.9 Å². The molecule has 1 aliphatic rings. The molecule has 2 N–H and O–H groups in total. The Morgan fingerprint density at radius 3 is 2.47 bits per heavy atom. The highest BCUT2D eigenvalue weighted by Gasteiger charge is 2.25. The average molecular weight is 233 g/mol. The summed E-state index contributed by atoms with van der Waals surface area (Å²) in [6.07, 6.45) is 0.595. The van der Waals surface area contributed by atoms with Gasteiger partial charge in [-0.1, -0.05) is 19.1 Å². The molecule has 0 saturated carbocycles. The summed E-state index contributed by atoms with van der Waals surface area (Å²) in [5, 5.41) is 3.68. The number of carbonyl (C=O) groups is 1. The second kappa shape index (κ2) is 4.75. The van der Waals surface area contributed by atoms with Gasteiger partial charge < -0.3 is 5.73 Å². The molecule has 17 heavy (non-hydrogen) atoms. The molecule has 1 saturated heterocycles. The molecule has 4 nitrogen and oxygen atoms in total. The topological polar surface area (TPSA) is 49.6 Å². The first kappa shape index (κ1) is 11.9. The fourth-order valence-corrected chi connectivity index (χ4v) is 2.06. The number of hydrazine groups is 1. The number of anilines is 1. The Hall–Kier alpha value is -1.55. The zero-order valence-electron chi connectivity index (χ0n) is 10.4. The molecule has 2 rings (SSSR count). The van der Waals surface area contributed by atoms with Gasteiger partial charge in [-0.15, -0.1) is 0 Å². The predicted octanol–water partition coefficient (Wildman–Crippen LogP) is 1.33. The third-order valence-corrected chi connectivity index (χ3v) is 3.37. The minimum absolute atomic E-state index is 0.171. The molecule has 1 unspecified atom stereocenters. The molecule has 0 bridgehead atoms. The van der Waals surface area contributed by atoms with Crippen LogP contribution < -0.4 is 10.7 Å². The maximum Gasteiger partial charge on any atom is 0.242 e. The zero-order valence-corrected chi connectivity index (χ0v) is 10.4. The molecule has 1 aromatic rings. The van der Waals surface area contributed by atoms with Crippen molar-refractivity contribution >= 4 is 11.6 Å². The molecule has 1 amide bonds. The van der Waals surface area contributed by atoms with E-state index in [9.17, 15) is 4.79 Å². The van der Waals surface area contributed by atoms with E-state index in [2.05, 4.69) is 31.2 Å². The summed E-state index contributed by atoms with van der Waals surface area (Å²) in [6.45, 7) is 3.53. The lowest BCUT2D eigenvalue weighted by Gasteiger charge is -2.26.